The minimum Gasteiger partial charge on any atom is -0.387 e. The van der Waals surface area contributed by atoms with Crippen LogP contribution in [0.1, 0.15) is 34.1 Å². The van der Waals surface area contributed by atoms with Gasteiger partial charge in [-0.05, 0) is 25.5 Å². The molecule has 1 aliphatic rings. The van der Waals surface area contributed by atoms with Crippen LogP contribution in [0, 0.1) is 11.8 Å². The van der Waals surface area contributed by atoms with Gasteiger partial charge in [0, 0.05) is 12.0 Å². The molecule has 1 rings (SSSR count). The lowest BCUT2D eigenvalue weighted by Crippen LogP contribution is -2.32. The molecule has 0 aromatic heterocycles. The Hall–Kier alpha value is -0.460. The van der Waals surface area contributed by atoms with Gasteiger partial charge in [0.25, 0.3) is 0 Å². The fourth-order valence-corrected chi connectivity index (χ4v) is 1.97. The fraction of sp³-hybridized carbons (Fsp3) is 0.800. The summed E-state index contributed by atoms with van der Waals surface area (Å²) in [7, 11) is 0. The van der Waals surface area contributed by atoms with E-state index in [9.17, 15) is 0 Å². The van der Waals surface area contributed by atoms with Crippen molar-refractivity contribution < 1.29 is 0 Å². The molecule has 0 bridgehead atoms. The lowest BCUT2D eigenvalue weighted by Gasteiger charge is -2.23. The highest BCUT2D eigenvalue weighted by Gasteiger charge is 2.27. The van der Waals surface area contributed by atoms with Crippen molar-refractivity contribution in [2.45, 2.75) is 40.2 Å². The van der Waals surface area contributed by atoms with Crippen LogP contribution in [0.2, 0.25) is 0 Å². The van der Waals surface area contributed by atoms with E-state index in [-0.39, 0.29) is 0 Å². The minimum absolute atomic E-state index is 0.681. The minimum atomic E-state index is 0.681. The number of hydrogen-bond donors (Lipinski definition) is 1. The molecule has 64 valence electrons. The second-order valence-electron chi connectivity index (χ2n) is 3.84. The normalized spacial score (nSPS) is 30.5. The summed E-state index contributed by atoms with van der Waals surface area (Å²) in [6.07, 6.45) is 3.44. The Balaban J connectivity index is 2.61. The maximum Gasteiger partial charge on any atom is 0.0344 e. The molecule has 0 spiro atoms. The van der Waals surface area contributed by atoms with Crippen LogP contribution in [0.5, 0.6) is 0 Å². The quantitative estimate of drug-likeness (QED) is 0.643. The summed E-state index contributed by atoms with van der Waals surface area (Å²) < 4.78 is 0. The van der Waals surface area contributed by atoms with Gasteiger partial charge in [-0.2, -0.15) is 0 Å². The first-order valence-electron chi connectivity index (χ1n) is 4.59. The van der Waals surface area contributed by atoms with E-state index in [1.807, 2.05) is 0 Å². The predicted octanol–water partition coefficient (Wildman–Crippen LogP) is 2.54. The molecule has 0 aliphatic carbocycles. The highest BCUT2D eigenvalue weighted by molar-refractivity contribution is 5.13. The van der Waals surface area contributed by atoms with Crippen molar-refractivity contribution in [3.63, 3.8) is 0 Å². The second-order valence-corrected chi connectivity index (χ2v) is 3.84. The molecule has 1 aliphatic heterocycles. The zero-order valence-electron chi connectivity index (χ0n) is 8.02. The van der Waals surface area contributed by atoms with Crippen molar-refractivity contribution in [1.29, 1.82) is 0 Å². The highest BCUT2D eigenvalue weighted by Crippen LogP contribution is 2.27. The van der Waals surface area contributed by atoms with Gasteiger partial charge in [-0.15, -0.1) is 0 Å². The number of nitrogens with one attached hydrogen (secondary N) is 1. The van der Waals surface area contributed by atoms with Crippen LogP contribution in [-0.2, 0) is 0 Å². The summed E-state index contributed by atoms with van der Waals surface area (Å²) in [5.74, 6) is 1.52. The third kappa shape index (κ3) is 1.58. The summed E-state index contributed by atoms with van der Waals surface area (Å²) in [5, 5.41) is 3.44. The lowest BCUT2D eigenvalue weighted by atomic mass is 9.87. The molecule has 0 fully saturated rings. The van der Waals surface area contributed by atoms with Gasteiger partial charge in [-0.25, -0.2) is 0 Å². The van der Waals surface area contributed by atoms with Gasteiger partial charge in [0.15, 0.2) is 0 Å². The molecule has 0 aromatic rings. The van der Waals surface area contributed by atoms with Crippen LogP contribution in [0.3, 0.4) is 0 Å². The molecule has 1 heteroatoms. The van der Waals surface area contributed by atoms with Crippen LogP contribution in [0.25, 0.3) is 0 Å². The average molecular weight is 153 g/mol. The van der Waals surface area contributed by atoms with Crippen LogP contribution >= 0.6 is 0 Å². The standard InChI is InChI=1S/C10H19N/c1-5-9-8(4)6-11-10(9)7(2)3/h6-7,9-11H,5H2,1-4H3. The summed E-state index contributed by atoms with van der Waals surface area (Å²) in [5.41, 5.74) is 1.52. The smallest absolute Gasteiger partial charge is 0.0344 e. The zero-order chi connectivity index (χ0) is 8.43. The molecule has 2 unspecified atom stereocenters. The first kappa shape index (κ1) is 8.63. The van der Waals surface area contributed by atoms with Gasteiger partial charge >= 0.3 is 0 Å². The topological polar surface area (TPSA) is 12.0 Å². The second kappa shape index (κ2) is 3.29. The average Bonchev–Trinajstić information content (AvgIpc) is 2.30. The Kier molecular flexibility index (Phi) is 2.58. The van der Waals surface area contributed by atoms with E-state index in [0.717, 1.165) is 11.8 Å². The molecule has 1 heterocycles. The maximum absolute atomic E-state index is 3.44. The van der Waals surface area contributed by atoms with Crippen molar-refractivity contribution >= 4 is 0 Å². The largest absolute Gasteiger partial charge is 0.387 e. The summed E-state index contributed by atoms with van der Waals surface area (Å²) in [6, 6.07) is 0.681. The Labute approximate surface area is 69.9 Å². The van der Waals surface area contributed by atoms with Crippen molar-refractivity contribution in [2.75, 3.05) is 0 Å². The third-order valence-electron chi connectivity index (χ3n) is 2.68. The molecule has 1 N–H and O–H groups in total. The van der Waals surface area contributed by atoms with Gasteiger partial charge in [-0.3, -0.25) is 0 Å². The lowest BCUT2D eigenvalue weighted by molar-refractivity contribution is 0.360. The van der Waals surface area contributed by atoms with Gasteiger partial charge in [-0.1, -0.05) is 26.3 Å². The fourth-order valence-electron chi connectivity index (χ4n) is 1.97. The first-order valence-corrected chi connectivity index (χ1v) is 4.59. The Bertz CT molecular complexity index is 158. The molecular formula is C10H19N. The Morgan fingerprint density at radius 2 is 2.18 bits per heavy atom. The number of rotatable bonds is 2. The maximum atomic E-state index is 3.44. The summed E-state index contributed by atoms with van der Waals surface area (Å²) in [4.78, 5) is 0. The van der Waals surface area contributed by atoms with Crippen LogP contribution in [-0.4, -0.2) is 6.04 Å². The Morgan fingerprint density at radius 3 is 2.55 bits per heavy atom. The van der Waals surface area contributed by atoms with E-state index in [2.05, 4.69) is 39.2 Å². The van der Waals surface area contributed by atoms with E-state index < -0.39 is 0 Å². The predicted molar refractivity (Wildman–Crippen MR) is 49.3 cm³/mol. The first-order chi connectivity index (χ1) is 5.16. The Morgan fingerprint density at radius 1 is 1.55 bits per heavy atom. The van der Waals surface area contributed by atoms with Gasteiger partial charge in [0.2, 0.25) is 0 Å². The van der Waals surface area contributed by atoms with Crippen molar-refractivity contribution in [3.05, 3.63) is 11.8 Å². The third-order valence-corrected chi connectivity index (χ3v) is 2.68. The van der Waals surface area contributed by atoms with Crippen molar-refractivity contribution in [2.24, 2.45) is 11.8 Å². The van der Waals surface area contributed by atoms with Crippen LogP contribution in [0.4, 0.5) is 0 Å². The monoisotopic (exact) mass is 153 g/mol. The summed E-state index contributed by atoms with van der Waals surface area (Å²) >= 11 is 0. The van der Waals surface area contributed by atoms with Crippen molar-refractivity contribution in [3.8, 4) is 0 Å². The zero-order valence-corrected chi connectivity index (χ0v) is 8.02. The van der Waals surface area contributed by atoms with E-state index in [1.165, 1.54) is 12.0 Å². The van der Waals surface area contributed by atoms with E-state index in [4.69, 9.17) is 0 Å². The highest BCUT2D eigenvalue weighted by atomic mass is 14.9. The SMILES string of the molecule is CCC1C(C)=CNC1C(C)C. The number of hydrogen-bond acceptors (Lipinski definition) is 1. The molecule has 0 amide bonds. The molecular weight excluding hydrogens is 134 g/mol. The van der Waals surface area contributed by atoms with E-state index >= 15 is 0 Å². The molecule has 0 saturated carbocycles. The van der Waals surface area contributed by atoms with E-state index in [1.54, 1.807) is 0 Å². The van der Waals surface area contributed by atoms with Gasteiger partial charge in [0.1, 0.15) is 0 Å². The summed E-state index contributed by atoms with van der Waals surface area (Å²) in [6.45, 7) is 9.06. The van der Waals surface area contributed by atoms with E-state index in [0.29, 0.717) is 6.04 Å². The molecule has 2 atom stereocenters. The van der Waals surface area contributed by atoms with Crippen molar-refractivity contribution in [1.82, 2.24) is 5.32 Å². The van der Waals surface area contributed by atoms with Gasteiger partial charge in [0.05, 0.1) is 0 Å². The molecule has 0 aromatic carbocycles. The van der Waals surface area contributed by atoms with Crippen LogP contribution in [0.15, 0.2) is 11.8 Å². The molecule has 0 radical (unpaired) electrons. The van der Waals surface area contributed by atoms with Crippen LogP contribution < -0.4 is 5.32 Å². The molecule has 1 nitrogen and oxygen atoms in total. The molecule has 0 saturated heterocycles. The molecule has 11 heavy (non-hydrogen) atoms. The van der Waals surface area contributed by atoms with Gasteiger partial charge < -0.3 is 5.32 Å².